The van der Waals surface area contributed by atoms with E-state index in [0.717, 1.165) is 42.1 Å². The maximum Gasteiger partial charge on any atom is 0.334 e. The molecule has 0 unspecified atom stereocenters. The van der Waals surface area contributed by atoms with Gasteiger partial charge in [0.25, 0.3) is 0 Å². The molecule has 0 heterocycles. The summed E-state index contributed by atoms with van der Waals surface area (Å²) in [6.45, 7) is 4.13. The number of nitrogens with two attached hydrogens (primary N) is 1. The first-order valence-electron chi connectivity index (χ1n) is 6.52. The van der Waals surface area contributed by atoms with Gasteiger partial charge in [0.2, 0.25) is 0 Å². The molecule has 0 fully saturated rings. The fourth-order valence-corrected chi connectivity index (χ4v) is 1.73. The third-order valence-corrected chi connectivity index (χ3v) is 2.68. The fraction of sp³-hybridized carbons (Fsp3) is 0.500. The molecular weight excluding hydrogens is 228 g/mol. The summed E-state index contributed by atoms with van der Waals surface area (Å²) in [5.74, 6) is 5.50. The quantitative estimate of drug-likeness (QED) is 0.597. The molecule has 0 bridgehead atoms. The Kier molecular flexibility index (Phi) is 6.22. The molecule has 0 atom stereocenters. The van der Waals surface area contributed by atoms with Gasteiger partial charge >= 0.3 is 5.97 Å². The van der Waals surface area contributed by atoms with Crippen LogP contribution in [0.5, 0.6) is 0 Å². The molecular formula is C14H22N2O2. The van der Waals surface area contributed by atoms with Crippen LogP contribution >= 0.6 is 0 Å². The largest absolute Gasteiger partial charge is 0.334 e. The summed E-state index contributed by atoms with van der Waals surface area (Å²) in [7, 11) is 0. The summed E-state index contributed by atoms with van der Waals surface area (Å²) in [4.78, 5) is 16.6. The molecule has 100 valence electrons. The van der Waals surface area contributed by atoms with Crippen LogP contribution in [-0.2, 0) is 16.1 Å². The molecule has 0 aliphatic carbocycles. The second kappa shape index (κ2) is 7.71. The number of carbonyl (C=O) groups is 1. The van der Waals surface area contributed by atoms with Crippen molar-refractivity contribution in [3.8, 4) is 0 Å². The van der Waals surface area contributed by atoms with E-state index in [1.807, 2.05) is 31.2 Å². The molecule has 2 N–H and O–H groups in total. The Hall–Kier alpha value is -1.55. The third-order valence-electron chi connectivity index (χ3n) is 2.68. The van der Waals surface area contributed by atoms with Gasteiger partial charge in [0.15, 0.2) is 0 Å². The molecule has 18 heavy (non-hydrogen) atoms. The van der Waals surface area contributed by atoms with Gasteiger partial charge in [-0.2, -0.15) is 0 Å². The van der Waals surface area contributed by atoms with E-state index in [4.69, 9.17) is 10.7 Å². The van der Waals surface area contributed by atoms with Crippen LogP contribution in [0.4, 0.5) is 5.69 Å². The first kappa shape index (κ1) is 14.5. The Morgan fingerprint density at radius 3 is 2.67 bits per heavy atom. The Bertz CT molecular complexity index is 380. The first-order chi connectivity index (χ1) is 8.69. The molecule has 0 spiro atoms. The molecule has 1 aromatic rings. The van der Waals surface area contributed by atoms with E-state index < -0.39 is 0 Å². The summed E-state index contributed by atoms with van der Waals surface area (Å²) >= 11 is 0. The summed E-state index contributed by atoms with van der Waals surface area (Å²) < 4.78 is 0. The lowest BCUT2D eigenvalue weighted by molar-refractivity contribution is -0.145. The zero-order valence-corrected chi connectivity index (χ0v) is 11.2. The minimum atomic E-state index is -0.286. The zero-order chi connectivity index (χ0) is 13.4. The second-order valence-electron chi connectivity index (χ2n) is 4.27. The lowest BCUT2D eigenvalue weighted by Crippen LogP contribution is -2.34. The maximum atomic E-state index is 11.5. The molecule has 0 amide bonds. The van der Waals surface area contributed by atoms with Crippen LogP contribution in [0.3, 0.4) is 0 Å². The lowest BCUT2D eigenvalue weighted by atomic mass is 10.1. The van der Waals surface area contributed by atoms with Gasteiger partial charge in [-0.05, 0) is 24.5 Å². The summed E-state index contributed by atoms with van der Waals surface area (Å²) in [6.07, 6.45) is 4.13. The van der Waals surface area contributed by atoms with Gasteiger partial charge in [-0.15, -0.1) is 5.17 Å². The average Bonchev–Trinajstić information content (AvgIpc) is 2.37. The van der Waals surface area contributed by atoms with Gasteiger partial charge < -0.3 is 4.84 Å². The van der Waals surface area contributed by atoms with Crippen molar-refractivity contribution in [2.45, 2.75) is 46.0 Å². The Labute approximate surface area is 109 Å². The van der Waals surface area contributed by atoms with Gasteiger partial charge in [0.1, 0.15) is 0 Å². The van der Waals surface area contributed by atoms with Crippen molar-refractivity contribution < 1.29 is 9.63 Å². The summed E-state index contributed by atoms with van der Waals surface area (Å²) in [5.41, 5.74) is 1.84. The highest BCUT2D eigenvalue weighted by Crippen LogP contribution is 2.20. The lowest BCUT2D eigenvalue weighted by Gasteiger charge is -2.20. The van der Waals surface area contributed by atoms with Crippen molar-refractivity contribution >= 4 is 11.7 Å². The van der Waals surface area contributed by atoms with Gasteiger partial charge in [-0.25, -0.2) is 10.6 Å². The van der Waals surface area contributed by atoms with Crippen LogP contribution in [0.15, 0.2) is 24.3 Å². The van der Waals surface area contributed by atoms with E-state index >= 15 is 0 Å². The fourth-order valence-electron chi connectivity index (χ4n) is 1.73. The zero-order valence-electron chi connectivity index (χ0n) is 11.2. The Morgan fingerprint density at radius 2 is 2.00 bits per heavy atom. The van der Waals surface area contributed by atoms with Gasteiger partial charge in [0.05, 0.1) is 5.69 Å². The number of carbonyl (C=O) groups excluding carboxylic acids is 1. The molecule has 0 aliphatic rings. The SMILES string of the molecule is CCCCC(=O)ON(N)c1ccccc1CCC. The van der Waals surface area contributed by atoms with Crippen LogP contribution in [0.1, 0.15) is 45.1 Å². The number of rotatable bonds is 7. The Morgan fingerprint density at radius 1 is 1.28 bits per heavy atom. The number of hydrogen-bond acceptors (Lipinski definition) is 4. The molecule has 0 saturated heterocycles. The smallest absolute Gasteiger partial charge is 0.325 e. The van der Waals surface area contributed by atoms with Crippen LogP contribution < -0.4 is 11.0 Å². The number of benzene rings is 1. The van der Waals surface area contributed by atoms with Gasteiger partial charge in [-0.3, -0.25) is 0 Å². The molecule has 4 nitrogen and oxygen atoms in total. The summed E-state index contributed by atoms with van der Waals surface area (Å²) in [5, 5.41) is 1.09. The highest BCUT2D eigenvalue weighted by molar-refractivity contribution is 5.71. The summed E-state index contributed by atoms with van der Waals surface area (Å²) in [6, 6.07) is 7.70. The molecule has 4 heteroatoms. The van der Waals surface area contributed by atoms with Crippen LogP contribution in [-0.4, -0.2) is 5.97 Å². The highest BCUT2D eigenvalue weighted by Gasteiger charge is 2.12. The van der Waals surface area contributed by atoms with Crippen molar-refractivity contribution in [2.24, 2.45) is 5.84 Å². The third kappa shape index (κ3) is 4.37. The van der Waals surface area contributed by atoms with E-state index in [0.29, 0.717) is 6.42 Å². The van der Waals surface area contributed by atoms with Crippen LogP contribution in [0.25, 0.3) is 0 Å². The average molecular weight is 250 g/mol. The predicted octanol–water partition coefficient (Wildman–Crippen LogP) is 2.97. The molecule has 1 aromatic carbocycles. The first-order valence-corrected chi connectivity index (χ1v) is 6.52. The van der Waals surface area contributed by atoms with Gasteiger partial charge in [0, 0.05) is 6.42 Å². The van der Waals surface area contributed by atoms with E-state index in [2.05, 4.69) is 6.92 Å². The molecule has 0 radical (unpaired) electrons. The maximum absolute atomic E-state index is 11.5. The van der Waals surface area contributed by atoms with E-state index in [1.165, 1.54) is 0 Å². The molecule has 0 aromatic heterocycles. The van der Waals surface area contributed by atoms with E-state index in [9.17, 15) is 4.79 Å². The van der Waals surface area contributed by atoms with Crippen molar-refractivity contribution in [3.63, 3.8) is 0 Å². The minimum Gasteiger partial charge on any atom is -0.325 e. The molecule has 1 rings (SSSR count). The van der Waals surface area contributed by atoms with Crippen LogP contribution in [0, 0.1) is 0 Å². The number of nitrogens with zero attached hydrogens (tertiary/aromatic N) is 1. The number of hydrazine groups is 1. The monoisotopic (exact) mass is 250 g/mol. The van der Waals surface area contributed by atoms with E-state index in [-0.39, 0.29) is 5.97 Å². The molecule has 0 aliphatic heterocycles. The molecule has 0 saturated carbocycles. The van der Waals surface area contributed by atoms with Crippen molar-refractivity contribution in [3.05, 3.63) is 29.8 Å². The Balaban J connectivity index is 2.65. The highest BCUT2D eigenvalue weighted by atomic mass is 16.7. The minimum absolute atomic E-state index is 0.286. The van der Waals surface area contributed by atoms with Crippen LogP contribution in [0.2, 0.25) is 0 Å². The van der Waals surface area contributed by atoms with Crippen molar-refractivity contribution in [1.29, 1.82) is 0 Å². The van der Waals surface area contributed by atoms with Crippen molar-refractivity contribution in [1.82, 2.24) is 0 Å². The number of para-hydroxylation sites is 1. The standard InChI is InChI=1S/C14H22N2O2/c1-3-5-11-14(17)18-16(15)13-10-7-6-9-12(13)8-4-2/h6-7,9-10H,3-5,8,11,15H2,1-2H3. The topological polar surface area (TPSA) is 55.6 Å². The second-order valence-corrected chi connectivity index (χ2v) is 4.27. The number of anilines is 1. The number of unbranched alkanes of at least 4 members (excludes halogenated alkanes) is 1. The number of hydrogen-bond donors (Lipinski definition) is 1. The predicted molar refractivity (Wildman–Crippen MR) is 72.7 cm³/mol. The normalized spacial score (nSPS) is 10.2. The number of aryl methyl sites for hydroxylation is 1. The van der Waals surface area contributed by atoms with Gasteiger partial charge in [-0.1, -0.05) is 44.9 Å². The van der Waals surface area contributed by atoms with Crippen molar-refractivity contribution in [2.75, 3.05) is 5.17 Å². The van der Waals surface area contributed by atoms with E-state index in [1.54, 1.807) is 0 Å².